The van der Waals surface area contributed by atoms with Crippen LogP contribution in [0.3, 0.4) is 0 Å². The van der Waals surface area contributed by atoms with Gasteiger partial charge in [0.2, 0.25) is 0 Å². The number of rotatable bonds is 6. The van der Waals surface area contributed by atoms with Crippen molar-refractivity contribution in [3.05, 3.63) is 94.0 Å². The van der Waals surface area contributed by atoms with Crippen LogP contribution in [0, 0.1) is 11.3 Å². The Morgan fingerprint density at radius 3 is 2.70 bits per heavy atom. The molecule has 2 aromatic carbocycles. The minimum absolute atomic E-state index is 0.115. The minimum atomic E-state index is -0.115. The summed E-state index contributed by atoms with van der Waals surface area (Å²) in [5.41, 5.74) is 4.97. The van der Waals surface area contributed by atoms with Gasteiger partial charge in [0.15, 0.2) is 0 Å². The number of amides is 1. The van der Waals surface area contributed by atoms with Crippen molar-refractivity contribution in [1.29, 1.82) is 0 Å². The predicted molar refractivity (Wildman–Crippen MR) is 158 cm³/mol. The second-order valence-electron chi connectivity index (χ2n) is 10.8. The summed E-state index contributed by atoms with van der Waals surface area (Å²) in [5.74, 6) is 0.467. The summed E-state index contributed by atoms with van der Waals surface area (Å²) in [4.78, 5) is 19.8. The van der Waals surface area contributed by atoms with Crippen LogP contribution in [-0.4, -0.2) is 16.7 Å². The third-order valence-corrected chi connectivity index (χ3v) is 8.68. The van der Waals surface area contributed by atoms with E-state index in [0.29, 0.717) is 16.5 Å². The number of nitrogens with one attached hydrogen (secondary N) is 1. The van der Waals surface area contributed by atoms with E-state index in [4.69, 9.17) is 16.6 Å². The topological polar surface area (TPSA) is 46.4 Å². The molecule has 0 bridgehead atoms. The van der Waals surface area contributed by atoms with Gasteiger partial charge in [0.05, 0.1) is 5.56 Å². The van der Waals surface area contributed by atoms with Crippen molar-refractivity contribution in [2.24, 2.45) is 16.3 Å². The molecule has 0 radical (unpaired) electrons. The van der Waals surface area contributed by atoms with E-state index in [-0.39, 0.29) is 11.3 Å². The van der Waals surface area contributed by atoms with Gasteiger partial charge in [-0.05, 0) is 66.5 Å². The smallest absolute Gasteiger partial charge is 0.259 e. The number of aliphatic imine (C=N–C) groups is 1. The zero-order chi connectivity index (χ0) is 26.2. The molecule has 6 heteroatoms. The van der Waals surface area contributed by atoms with Crippen LogP contribution in [0.1, 0.15) is 53.6 Å². The van der Waals surface area contributed by atoms with E-state index in [1.807, 2.05) is 36.6 Å². The lowest BCUT2D eigenvalue weighted by Crippen LogP contribution is -2.27. The average Bonchev–Trinajstić information content (AvgIpc) is 3.41. The second kappa shape index (κ2) is 10.3. The standard InChI is InChI=1S/C31H32ClN3OS/c1-5-16-35-19-20(24-8-6-7-9-26(24)35)18-33-30-28(29(36)34-23-13-11-22(32)12-14-23)25-15-10-21(31(2,3)4)17-27(25)37-30/h5-9,11-14,18-19,21H,1,10,15-17H2,2-4H3,(H,34,36)/t21-/m1/s1. The fraction of sp³-hybridized carbons (Fsp3) is 0.290. The van der Waals surface area contributed by atoms with Gasteiger partial charge < -0.3 is 9.88 Å². The Balaban J connectivity index is 1.54. The van der Waals surface area contributed by atoms with Gasteiger partial charge >= 0.3 is 0 Å². The van der Waals surface area contributed by atoms with Gasteiger partial charge in [-0.25, -0.2) is 4.99 Å². The van der Waals surface area contributed by atoms with Gasteiger partial charge in [-0.3, -0.25) is 4.79 Å². The number of aromatic nitrogens is 1. The third-order valence-electron chi connectivity index (χ3n) is 7.27. The normalized spacial score (nSPS) is 15.7. The van der Waals surface area contributed by atoms with Gasteiger partial charge in [-0.2, -0.15) is 0 Å². The van der Waals surface area contributed by atoms with Crippen LogP contribution in [0.2, 0.25) is 5.02 Å². The first-order valence-corrected chi connectivity index (χ1v) is 13.9. The number of halogens is 1. The van der Waals surface area contributed by atoms with Crippen LogP contribution < -0.4 is 5.32 Å². The van der Waals surface area contributed by atoms with Gasteiger partial charge in [-0.15, -0.1) is 17.9 Å². The molecular weight excluding hydrogens is 498 g/mol. The maximum absolute atomic E-state index is 13.6. The second-order valence-corrected chi connectivity index (χ2v) is 12.3. The molecule has 5 rings (SSSR count). The quantitative estimate of drug-likeness (QED) is 0.197. The molecule has 1 atom stereocenters. The third kappa shape index (κ3) is 5.29. The summed E-state index contributed by atoms with van der Waals surface area (Å²) in [7, 11) is 0. The van der Waals surface area contributed by atoms with E-state index in [0.717, 1.165) is 58.5 Å². The number of nitrogens with zero attached hydrogens (tertiary/aromatic N) is 2. The van der Waals surface area contributed by atoms with Crippen molar-refractivity contribution in [3.8, 4) is 0 Å². The fourth-order valence-corrected chi connectivity index (χ4v) is 6.55. The van der Waals surface area contributed by atoms with Crippen LogP contribution in [0.15, 0.2) is 72.4 Å². The zero-order valence-electron chi connectivity index (χ0n) is 21.6. The number of fused-ring (bicyclic) bond motifs is 2. The van der Waals surface area contributed by atoms with E-state index < -0.39 is 0 Å². The lowest BCUT2D eigenvalue weighted by molar-refractivity contribution is 0.102. The van der Waals surface area contributed by atoms with Gasteiger partial charge in [0.25, 0.3) is 5.91 Å². The number of carbonyl (C=O) groups excluding carboxylic acids is 1. The molecule has 2 aromatic heterocycles. The highest BCUT2D eigenvalue weighted by atomic mass is 35.5. The molecule has 0 fully saturated rings. The fourth-order valence-electron chi connectivity index (χ4n) is 5.16. The van der Waals surface area contributed by atoms with Crippen molar-refractivity contribution in [1.82, 2.24) is 4.57 Å². The number of carbonyl (C=O) groups is 1. The molecule has 190 valence electrons. The van der Waals surface area contributed by atoms with Crippen LogP contribution >= 0.6 is 22.9 Å². The molecule has 0 saturated heterocycles. The number of anilines is 1. The van der Waals surface area contributed by atoms with Crippen molar-refractivity contribution < 1.29 is 4.79 Å². The summed E-state index contributed by atoms with van der Waals surface area (Å²) in [6.07, 6.45) is 8.86. The SMILES string of the molecule is C=CCn1cc(C=Nc2sc3c(c2C(=O)Nc2ccc(Cl)cc2)CC[C@@H](C(C)(C)C)C3)c2ccccc21. The zero-order valence-corrected chi connectivity index (χ0v) is 23.1. The van der Waals surface area contributed by atoms with Crippen LogP contribution in [0.5, 0.6) is 0 Å². The highest BCUT2D eigenvalue weighted by Crippen LogP contribution is 2.45. The molecule has 4 aromatic rings. The largest absolute Gasteiger partial charge is 0.343 e. The summed E-state index contributed by atoms with van der Waals surface area (Å²) in [6, 6.07) is 15.5. The first-order valence-electron chi connectivity index (χ1n) is 12.7. The lowest BCUT2D eigenvalue weighted by atomic mass is 9.72. The van der Waals surface area contributed by atoms with Crippen molar-refractivity contribution in [2.75, 3.05) is 5.32 Å². The monoisotopic (exact) mass is 529 g/mol. The molecule has 0 unspecified atom stereocenters. The molecule has 1 aliphatic rings. The predicted octanol–water partition coefficient (Wildman–Crippen LogP) is 8.70. The van der Waals surface area contributed by atoms with Crippen LogP contribution in [0.4, 0.5) is 10.7 Å². The maximum atomic E-state index is 13.6. The molecular formula is C31H32ClN3OS. The molecule has 37 heavy (non-hydrogen) atoms. The number of allylic oxidation sites excluding steroid dienone is 1. The van der Waals surface area contributed by atoms with E-state index in [9.17, 15) is 4.79 Å². The van der Waals surface area contributed by atoms with Crippen LogP contribution in [0.25, 0.3) is 10.9 Å². The van der Waals surface area contributed by atoms with E-state index in [2.05, 4.69) is 55.6 Å². The maximum Gasteiger partial charge on any atom is 0.259 e. The Hall–Kier alpha value is -3.15. The van der Waals surface area contributed by atoms with Crippen LogP contribution in [-0.2, 0) is 19.4 Å². The molecule has 0 aliphatic heterocycles. The summed E-state index contributed by atoms with van der Waals surface area (Å²) in [5, 5.41) is 5.61. The van der Waals surface area contributed by atoms with Gasteiger partial charge in [0.1, 0.15) is 5.00 Å². The molecule has 0 saturated carbocycles. The molecule has 1 N–H and O–H groups in total. The Labute approximate surface area is 227 Å². The average molecular weight is 530 g/mol. The number of thiophene rings is 1. The Kier molecular flexibility index (Phi) is 7.11. The number of hydrogen-bond donors (Lipinski definition) is 1. The minimum Gasteiger partial charge on any atom is -0.343 e. The number of hydrogen-bond acceptors (Lipinski definition) is 3. The summed E-state index contributed by atoms with van der Waals surface area (Å²) >= 11 is 7.71. The van der Waals surface area contributed by atoms with Crippen molar-refractivity contribution in [2.45, 2.75) is 46.6 Å². The first kappa shape index (κ1) is 25.5. The van der Waals surface area contributed by atoms with E-state index in [1.165, 1.54) is 4.88 Å². The van der Waals surface area contributed by atoms with Crippen molar-refractivity contribution in [3.63, 3.8) is 0 Å². The lowest BCUT2D eigenvalue weighted by Gasteiger charge is -2.33. The number of para-hydroxylation sites is 1. The number of benzene rings is 2. The van der Waals surface area contributed by atoms with Gasteiger partial charge in [0, 0.05) is 51.0 Å². The van der Waals surface area contributed by atoms with Crippen molar-refractivity contribution >= 4 is 56.7 Å². The van der Waals surface area contributed by atoms with E-state index >= 15 is 0 Å². The summed E-state index contributed by atoms with van der Waals surface area (Å²) in [6.45, 7) is 11.5. The Bertz CT molecular complexity index is 1490. The Morgan fingerprint density at radius 1 is 1.22 bits per heavy atom. The molecule has 1 aliphatic carbocycles. The molecule has 4 nitrogen and oxygen atoms in total. The summed E-state index contributed by atoms with van der Waals surface area (Å²) < 4.78 is 2.17. The van der Waals surface area contributed by atoms with E-state index in [1.54, 1.807) is 23.5 Å². The highest BCUT2D eigenvalue weighted by molar-refractivity contribution is 7.16. The Morgan fingerprint density at radius 2 is 1.97 bits per heavy atom. The molecule has 2 heterocycles. The van der Waals surface area contributed by atoms with Gasteiger partial charge in [-0.1, -0.05) is 56.6 Å². The molecule has 0 spiro atoms. The molecule has 1 amide bonds. The first-order chi connectivity index (χ1) is 17.7. The highest BCUT2D eigenvalue weighted by Gasteiger charge is 2.33.